The predicted octanol–water partition coefficient (Wildman–Crippen LogP) is 2.43. The summed E-state index contributed by atoms with van der Waals surface area (Å²) in [4.78, 5) is 6.24. The molecule has 2 heterocycles. The second kappa shape index (κ2) is 6.43. The van der Waals surface area contributed by atoms with Crippen LogP contribution in [0.1, 0.15) is 6.42 Å². The van der Waals surface area contributed by atoms with Gasteiger partial charge >= 0.3 is 0 Å². The summed E-state index contributed by atoms with van der Waals surface area (Å²) in [5.74, 6) is 0.173. The van der Waals surface area contributed by atoms with E-state index in [0.29, 0.717) is 19.5 Å². The normalized spacial score (nSPS) is 18.3. The molecule has 23 heavy (non-hydrogen) atoms. The lowest BCUT2D eigenvalue weighted by Crippen LogP contribution is -2.37. The van der Waals surface area contributed by atoms with E-state index in [-0.39, 0.29) is 16.0 Å². The third-order valence-corrected chi connectivity index (χ3v) is 5.49. The first-order chi connectivity index (χ1) is 11.0. The fraction of sp³-hybridized carbons (Fsp3) is 0.267. The zero-order chi connectivity index (χ0) is 16.4. The molecule has 1 unspecified atom stereocenters. The molecule has 1 saturated heterocycles. The summed E-state index contributed by atoms with van der Waals surface area (Å²) < 4.78 is 40.5. The highest BCUT2D eigenvalue weighted by Gasteiger charge is 2.28. The number of rotatable bonds is 4. The SMILES string of the molecule is O=S(=O)(NC1CCN(c2ccccn2)C1)c1ccc(F)c(Cl)c1. The molecular weight excluding hydrogens is 341 g/mol. The average Bonchev–Trinajstić information content (AvgIpc) is 2.98. The van der Waals surface area contributed by atoms with Crippen LogP contribution in [-0.2, 0) is 10.0 Å². The fourth-order valence-electron chi connectivity index (χ4n) is 2.54. The van der Waals surface area contributed by atoms with E-state index in [1.807, 2.05) is 23.1 Å². The van der Waals surface area contributed by atoms with Crippen LogP contribution in [0.15, 0.2) is 47.5 Å². The van der Waals surface area contributed by atoms with E-state index in [2.05, 4.69) is 9.71 Å². The molecule has 0 amide bonds. The average molecular weight is 356 g/mol. The molecule has 0 aliphatic carbocycles. The Labute approximate surface area is 139 Å². The van der Waals surface area contributed by atoms with E-state index in [1.54, 1.807) is 6.20 Å². The van der Waals surface area contributed by atoms with Gasteiger partial charge in [0.25, 0.3) is 0 Å². The summed E-state index contributed by atoms with van der Waals surface area (Å²) in [5, 5.41) is -0.214. The van der Waals surface area contributed by atoms with Gasteiger partial charge in [0.05, 0.1) is 9.92 Å². The zero-order valence-corrected chi connectivity index (χ0v) is 13.7. The molecule has 0 saturated carbocycles. The molecular formula is C15H15ClFN3O2S. The number of nitrogens with zero attached hydrogens (tertiary/aromatic N) is 2. The van der Waals surface area contributed by atoms with Gasteiger partial charge in [0.15, 0.2) is 0 Å². The Kier molecular flexibility index (Phi) is 4.52. The number of hydrogen-bond acceptors (Lipinski definition) is 4. The van der Waals surface area contributed by atoms with Crippen molar-refractivity contribution in [3.05, 3.63) is 53.4 Å². The Balaban J connectivity index is 1.71. The van der Waals surface area contributed by atoms with Crippen LogP contribution in [0.25, 0.3) is 0 Å². The lowest BCUT2D eigenvalue weighted by Gasteiger charge is -2.17. The molecule has 0 radical (unpaired) electrons. The van der Waals surface area contributed by atoms with Gasteiger partial charge in [-0.25, -0.2) is 22.5 Å². The Morgan fingerprint density at radius 1 is 1.30 bits per heavy atom. The van der Waals surface area contributed by atoms with Gasteiger partial charge in [-0.3, -0.25) is 0 Å². The number of nitrogens with one attached hydrogen (secondary N) is 1. The summed E-state index contributed by atoms with van der Waals surface area (Å²) >= 11 is 5.66. The van der Waals surface area contributed by atoms with Crippen LogP contribution in [0.3, 0.4) is 0 Å². The van der Waals surface area contributed by atoms with Crippen LogP contribution in [0.2, 0.25) is 5.02 Å². The van der Waals surface area contributed by atoms with Crippen LogP contribution < -0.4 is 9.62 Å². The van der Waals surface area contributed by atoms with Crippen LogP contribution in [0, 0.1) is 5.82 Å². The molecule has 1 aromatic carbocycles. The smallest absolute Gasteiger partial charge is 0.240 e. The quantitative estimate of drug-likeness (QED) is 0.915. The van der Waals surface area contributed by atoms with Gasteiger partial charge in [0.1, 0.15) is 11.6 Å². The lowest BCUT2D eigenvalue weighted by molar-refractivity contribution is 0.560. The molecule has 1 aromatic heterocycles. The number of hydrogen-bond donors (Lipinski definition) is 1. The van der Waals surface area contributed by atoms with E-state index in [0.717, 1.165) is 18.0 Å². The van der Waals surface area contributed by atoms with Crippen LogP contribution in [0.5, 0.6) is 0 Å². The highest BCUT2D eigenvalue weighted by Crippen LogP contribution is 2.22. The van der Waals surface area contributed by atoms with E-state index < -0.39 is 15.8 Å². The number of benzene rings is 1. The molecule has 1 aliphatic heterocycles. The van der Waals surface area contributed by atoms with Crippen molar-refractivity contribution >= 4 is 27.4 Å². The monoisotopic (exact) mass is 355 g/mol. The third-order valence-electron chi connectivity index (χ3n) is 3.68. The van der Waals surface area contributed by atoms with Crippen molar-refractivity contribution in [1.29, 1.82) is 0 Å². The van der Waals surface area contributed by atoms with Crippen molar-refractivity contribution in [3.8, 4) is 0 Å². The van der Waals surface area contributed by atoms with Crippen molar-refractivity contribution in [2.75, 3.05) is 18.0 Å². The van der Waals surface area contributed by atoms with Crippen molar-refractivity contribution in [2.45, 2.75) is 17.4 Å². The molecule has 122 valence electrons. The highest BCUT2D eigenvalue weighted by atomic mass is 35.5. The van der Waals surface area contributed by atoms with E-state index >= 15 is 0 Å². The number of pyridine rings is 1. The van der Waals surface area contributed by atoms with Crippen LogP contribution in [0.4, 0.5) is 10.2 Å². The number of aromatic nitrogens is 1. The second-order valence-electron chi connectivity index (χ2n) is 5.32. The van der Waals surface area contributed by atoms with Crippen molar-refractivity contribution < 1.29 is 12.8 Å². The Morgan fingerprint density at radius 3 is 2.83 bits per heavy atom. The predicted molar refractivity (Wildman–Crippen MR) is 86.6 cm³/mol. The Hall–Kier alpha value is -1.70. The van der Waals surface area contributed by atoms with Crippen LogP contribution >= 0.6 is 11.6 Å². The molecule has 5 nitrogen and oxygen atoms in total. The van der Waals surface area contributed by atoms with Gasteiger partial charge in [-0.05, 0) is 36.8 Å². The summed E-state index contributed by atoms with van der Waals surface area (Å²) in [7, 11) is -3.74. The van der Waals surface area contributed by atoms with Crippen LogP contribution in [-0.4, -0.2) is 32.5 Å². The minimum Gasteiger partial charge on any atom is -0.355 e. The Morgan fingerprint density at radius 2 is 2.13 bits per heavy atom. The van der Waals surface area contributed by atoms with E-state index in [9.17, 15) is 12.8 Å². The zero-order valence-electron chi connectivity index (χ0n) is 12.1. The fourth-order valence-corrected chi connectivity index (χ4v) is 4.07. The summed E-state index contributed by atoms with van der Waals surface area (Å²) in [6.07, 6.45) is 2.37. The first-order valence-electron chi connectivity index (χ1n) is 7.09. The molecule has 3 rings (SSSR count). The second-order valence-corrected chi connectivity index (χ2v) is 7.44. The molecule has 1 N–H and O–H groups in total. The van der Waals surface area contributed by atoms with E-state index in [4.69, 9.17) is 11.6 Å². The topological polar surface area (TPSA) is 62.3 Å². The maximum atomic E-state index is 13.2. The Bertz CT molecular complexity index is 802. The number of anilines is 1. The molecule has 0 spiro atoms. The first kappa shape index (κ1) is 16.2. The molecule has 0 bridgehead atoms. The molecule has 2 aromatic rings. The standard InChI is InChI=1S/C15H15ClFN3O2S/c16-13-9-12(4-5-14(13)17)23(21,22)19-11-6-8-20(10-11)15-3-1-2-7-18-15/h1-5,7,9,11,19H,6,8,10H2. The van der Waals surface area contributed by atoms with Gasteiger partial charge in [-0.1, -0.05) is 17.7 Å². The first-order valence-corrected chi connectivity index (χ1v) is 8.95. The maximum Gasteiger partial charge on any atom is 0.240 e. The minimum atomic E-state index is -3.74. The third kappa shape index (κ3) is 3.63. The van der Waals surface area contributed by atoms with Gasteiger partial charge in [0, 0.05) is 25.3 Å². The summed E-state index contributed by atoms with van der Waals surface area (Å²) in [6.45, 7) is 1.25. The van der Waals surface area contributed by atoms with E-state index in [1.165, 1.54) is 6.07 Å². The van der Waals surface area contributed by atoms with Gasteiger partial charge in [0.2, 0.25) is 10.0 Å². The van der Waals surface area contributed by atoms with Gasteiger partial charge in [-0.2, -0.15) is 0 Å². The van der Waals surface area contributed by atoms with Crippen molar-refractivity contribution in [1.82, 2.24) is 9.71 Å². The maximum absolute atomic E-state index is 13.2. The summed E-state index contributed by atoms with van der Waals surface area (Å²) in [5.41, 5.74) is 0. The van der Waals surface area contributed by atoms with Crippen molar-refractivity contribution in [2.24, 2.45) is 0 Å². The van der Waals surface area contributed by atoms with Gasteiger partial charge < -0.3 is 4.90 Å². The molecule has 8 heteroatoms. The minimum absolute atomic E-state index is 0.0415. The highest BCUT2D eigenvalue weighted by molar-refractivity contribution is 7.89. The molecule has 1 atom stereocenters. The number of sulfonamides is 1. The molecule has 1 aliphatic rings. The lowest BCUT2D eigenvalue weighted by atomic mass is 10.3. The van der Waals surface area contributed by atoms with Gasteiger partial charge in [-0.15, -0.1) is 0 Å². The number of halogens is 2. The largest absolute Gasteiger partial charge is 0.355 e. The van der Waals surface area contributed by atoms with Crippen molar-refractivity contribution in [3.63, 3.8) is 0 Å². The molecule has 1 fully saturated rings. The summed E-state index contributed by atoms with van der Waals surface area (Å²) in [6, 6.07) is 8.74.